The Balaban J connectivity index is 1.50. The number of nitrogens with one attached hydrogen (secondary N) is 2. The van der Waals surface area contributed by atoms with E-state index in [1.54, 1.807) is 7.11 Å². The lowest BCUT2D eigenvalue weighted by Gasteiger charge is -2.24. The van der Waals surface area contributed by atoms with Crippen molar-refractivity contribution in [3.63, 3.8) is 0 Å². The predicted octanol–water partition coefficient (Wildman–Crippen LogP) is 3.91. The van der Waals surface area contributed by atoms with Gasteiger partial charge < -0.3 is 19.6 Å². The molecule has 27 heavy (non-hydrogen) atoms. The fraction of sp³-hybridized carbons (Fsp3) is 0.429. The van der Waals surface area contributed by atoms with Gasteiger partial charge in [-0.15, -0.1) is 0 Å². The summed E-state index contributed by atoms with van der Waals surface area (Å²) in [5.74, 6) is 1.71. The maximum Gasteiger partial charge on any atom is 0.220 e. The van der Waals surface area contributed by atoms with E-state index in [4.69, 9.17) is 9.26 Å². The fourth-order valence-corrected chi connectivity index (χ4v) is 4.08. The van der Waals surface area contributed by atoms with Crippen molar-refractivity contribution in [3.05, 3.63) is 46.5 Å². The Morgan fingerprint density at radius 2 is 2.26 bits per heavy atom. The molecule has 2 aromatic heterocycles. The predicted molar refractivity (Wildman–Crippen MR) is 103 cm³/mol. The van der Waals surface area contributed by atoms with Gasteiger partial charge in [-0.1, -0.05) is 5.16 Å². The van der Waals surface area contributed by atoms with Crippen LogP contribution in [-0.4, -0.2) is 23.2 Å². The Bertz CT molecular complexity index is 967. The highest BCUT2D eigenvalue weighted by atomic mass is 16.5. The van der Waals surface area contributed by atoms with Crippen molar-refractivity contribution < 1.29 is 14.1 Å². The number of carbonyl (C=O) groups excluding carboxylic acids is 1. The first-order valence-electron chi connectivity index (χ1n) is 9.46. The van der Waals surface area contributed by atoms with E-state index in [-0.39, 0.29) is 11.9 Å². The number of amides is 1. The molecule has 6 nitrogen and oxygen atoms in total. The van der Waals surface area contributed by atoms with E-state index in [1.807, 2.05) is 26.0 Å². The number of fused-ring (bicyclic) bond motifs is 3. The molecule has 142 valence electrons. The summed E-state index contributed by atoms with van der Waals surface area (Å²) < 4.78 is 10.5. The largest absolute Gasteiger partial charge is 0.497 e. The Labute approximate surface area is 158 Å². The quantitative estimate of drug-likeness (QED) is 0.716. The zero-order chi connectivity index (χ0) is 19.0. The highest BCUT2D eigenvalue weighted by Crippen LogP contribution is 2.36. The topological polar surface area (TPSA) is 80.1 Å². The van der Waals surface area contributed by atoms with Gasteiger partial charge in [0.15, 0.2) is 0 Å². The first-order valence-corrected chi connectivity index (χ1v) is 9.46. The van der Waals surface area contributed by atoms with E-state index in [1.165, 1.54) is 10.9 Å². The average Bonchev–Trinajstić information content (AvgIpc) is 3.20. The van der Waals surface area contributed by atoms with Crippen molar-refractivity contribution in [2.24, 2.45) is 0 Å². The zero-order valence-electron chi connectivity index (χ0n) is 16.0. The van der Waals surface area contributed by atoms with Gasteiger partial charge in [0.2, 0.25) is 5.91 Å². The van der Waals surface area contributed by atoms with Crippen LogP contribution in [0.2, 0.25) is 0 Å². The van der Waals surface area contributed by atoms with Gasteiger partial charge in [-0.25, -0.2) is 0 Å². The molecule has 1 atom stereocenters. The minimum atomic E-state index is 0.0318. The summed E-state index contributed by atoms with van der Waals surface area (Å²) in [7, 11) is 1.68. The van der Waals surface area contributed by atoms with E-state index in [2.05, 4.69) is 21.5 Å². The lowest BCUT2D eigenvalue weighted by Crippen LogP contribution is -2.31. The molecule has 1 aliphatic carbocycles. The number of ether oxygens (including phenoxy) is 1. The average molecular weight is 367 g/mol. The number of aromatic amines is 1. The van der Waals surface area contributed by atoms with Gasteiger partial charge in [0.25, 0.3) is 0 Å². The zero-order valence-corrected chi connectivity index (χ0v) is 16.0. The Hall–Kier alpha value is -2.76. The molecule has 0 unspecified atom stereocenters. The van der Waals surface area contributed by atoms with Crippen LogP contribution in [0.4, 0.5) is 0 Å². The molecular weight excluding hydrogens is 342 g/mol. The van der Waals surface area contributed by atoms with Crippen LogP contribution >= 0.6 is 0 Å². The molecule has 0 saturated heterocycles. The number of H-pyrrole nitrogens is 1. The Kier molecular flexibility index (Phi) is 4.64. The molecule has 2 heterocycles. The maximum atomic E-state index is 12.6. The number of benzene rings is 1. The summed E-state index contributed by atoms with van der Waals surface area (Å²) in [5, 5.41) is 8.36. The summed E-state index contributed by atoms with van der Waals surface area (Å²) in [6, 6.07) is 6.11. The standard InChI is InChI=1S/C21H25N3O3/c1-12-15(13(2)27-24-12)8-10-20(25)22-19-6-4-5-16-17-11-14(26-3)7-9-18(17)23-21(16)19/h7,9,11,19,23H,4-6,8,10H2,1-3H3,(H,22,25)/t19-/m0/s1. The molecule has 2 N–H and O–H groups in total. The van der Waals surface area contributed by atoms with Crippen molar-refractivity contribution in [1.29, 1.82) is 0 Å². The van der Waals surface area contributed by atoms with Crippen LogP contribution in [0.25, 0.3) is 10.9 Å². The van der Waals surface area contributed by atoms with E-state index in [0.29, 0.717) is 12.8 Å². The molecule has 6 heteroatoms. The molecule has 0 aliphatic heterocycles. The number of aryl methyl sites for hydroxylation is 3. The van der Waals surface area contributed by atoms with Crippen molar-refractivity contribution >= 4 is 16.8 Å². The normalized spacial score (nSPS) is 16.3. The van der Waals surface area contributed by atoms with Crippen molar-refractivity contribution in [2.45, 2.75) is 52.0 Å². The molecule has 0 fully saturated rings. The van der Waals surface area contributed by atoms with Gasteiger partial charge in [0.1, 0.15) is 11.5 Å². The van der Waals surface area contributed by atoms with Crippen molar-refractivity contribution in [2.75, 3.05) is 7.11 Å². The van der Waals surface area contributed by atoms with Crippen LogP contribution in [0.3, 0.4) is 0 Å². The van der Waals surface area contributed by atoms with Gasteiger partial charge in [-0.2, -0.15) is 0 Å². The number of methoxy groups -OCH3 is 1. The summed E-state index contributed by atoms with van der Waals surface area (Å²) in [6.07, 6.45) is 4.12. The van der Waals surface area contributed by atoms with Crippen LogP contribution in [-0.2, 0) is 17.6 Å². The summed E-state index contributed by atoms with van der Waals surface area (Å²) >= 11 is 0. The highest BCUT2D eigenvalue weighted by molar-refractivity contribution is 5.87. The molecule has 0 radical (unpaired) electrons. The number of aromatic nitrogens is 2. The van der Waals surface area contributed by atoms with Crippen molar-refractivity contribution in [3.8, 4) is 5.75 Å². The highest BCUT2D eigenvalue weighted by Gasteiger charge is 2.26. The van der Waals surface area contributed by atoms with Crippen molar-refractivity contribution in [1.82, 2.24) is 15.5 Å². The minimum Gasteiger partial charge on any atom is -0.497 e. The van der Waals surface area contributed by atoms with E-state index in [9.17, 15) is 4.79 Å². The van der Waals surface area contributed by atoms with Crippen LogP contribution in [0.1, 0.15) is 53.6 Å². The van der Waals surface area contributed by atoms with Gasteiger partial charge in [-0.3, -0.25) is 4.79 Å². The van der Waals surface area contributed by atoms with Crippen LogP contribution in [0.15, 0.2) is 22.7 Å². The fourth-order valence-electron chi connectivity index (χ4n) is 4.08. The summed E-state index contributed by atoms with van der Waals surface area (Å²) in [5.41, 5.74) is 5.43. The molecule has 1 aliphatic rings. The molecule has 0 saturated carbocycles. The number of carbonyl (C=O) groups is 1. The number of hydrogen-bond acceptors (Lipinski definition) is 4. The van der Waals surface area contributed by atoms with E-state index < -0.39 is 0 Å². The first kappa shape index (κ1) is 17.6. The molecule has 0 bridgehead atoms. The van der Waals surface area contributed by atoms with Gasteiger partial charge in [0, 0.05) is 28.6 Å². The van der Waals surface area contributed by atoms with E-state index in [0.717, 1.165) is 53.2 Å². The monoisotopic (exact) mass is 367 g/mol. The van der Waals surface area contributed by atoms with E-state index >= 15 is 0 Å². The van der Waals surface area contributed by atoms with Gasteiger partial charge >= 0.3 is 0 Å². The number of hydrogen-bond donors (Lipinski definition) is 2. The second-order valence-electron chi connectivity index (χ2n) is 7.24. The SMILES string of the molecule is COc1ccc2[nH]c3c(c2c1)CCC[C@@H]3NC(=O)CCc1c(C)noc1C. The van der Waals surface area contributed by atoms with Crippen LogP contribution in [0.5, 0.6) is 5.75 Å². The van der Waals surface area contributed by atoms with Gasteiger partial charge in [-0.05, 0) is 63.3 Å². The first-order chi connectivity index (χ1) is 13.1. The lowest BCUT2D eigenvalue weighted by molar-refractivity contribution is -0.121. The molecule has 3 aromatic rings. The summed E-state index contributed by atoms with van der Waals surface area (Å²) in [6.45, 7) is 3.80. The van der Waals surface area contributed by atoms with Crippen LogP contribution in [0, 0.1) is 13.8 Å². The third kappa shape index (κ3) is 3.31. The Morgan fingerprint density at radius 3 is 3.00 bits per heavy atom. The third-order valence-corrected chi connectivity index (χ3v) is 5.53. The van der Waals surface area contributed by atoms with Crippen LogP contribution < -0.4 is 10.1 Å². The smallest absolute Gasteiger partial charge is 0.220 e. The summed E-state index contributed by atoms with van der Waals surface area (Å²) in [4.78, 5) is 16.1. The molecule has 0 spiro atoms. The Morgan fingerprint density at radius 1 is 1.41 bits per heavy atom. The van der Waals surface area contributed by atoms with Gasteiger partial charge in [0.05, 0.1) is 18.8 Å². The second kappa shape index (κ2) is 7.10. The molecule has 1 aromatic carbocycles. The number of nitrogens with zero attached hydrogens (tertiary/aromatic N) is 1. The molecule has 4 rings (SSSR count). The molecular formula is C21H25N3O3. The number of rotatable bonds is 5. The second-order valence-corrected chi connectivity index (χ2v) is 7.24. The maximum absolute atomic E-state index is 12.6. The third-order valence-electron chi connectivity index (χ3n) is 5.53. The minimum absolute atomic E-state index is 0.0318. The lowest BCUT2D eigenvalue weighted by atomic mass is 9.91. The molecule has 1 amide bonds.